The van der Waals surface area contributed by atoms with Gasteiger partial charge < -0.3 is 9.84 Å². The van der Waals surface area contributed by atoms with Gasteiger partial charge in [-0.25, -0.2) is 0 Å². The molecule has 3 heteroatoms. The molecule has 1 aromatic rings. The topological polar surface area (TPSA) is 29.5 Å². The van der Waals surface area contributed by atoms with Gasteiger partial charge in [0.05, 0.1) is 12.7 Å². The van der Waals surface area contributed by atoms with Crippen LogP contribution in [0.2, 0.25) is 0 Å². The summed E-state index contributed by atoms with van der Waals surface area (Å²) in [5, 5.41) is 10.4. The molecule has 1 N–H and O–H groups in total. The van der Waals surface area contributed by atoms with Crippen molar-refractivity contribution >= 4 is 11.8 Å². The van der Waals surface area contributed by atoms with Gasteiger partial charge in [0.15, 0.2) is 0 Å². The molecule has 1 fully saturated rings. The molecule has 1 aliphatic carbocycles. The minimum atomic E-state index is -0.442. The Morgan fingerprint density at radius 3 is 2.41 bits per heavy atom. The molecular formula is C14H20O2S. The molecule has 1 aromatic carbocycles. The van der Waals surface area contributed by atoms with Crippen LogP contribution in [-0.2, 0) is 0 Å². The summed E-state index contributed by atoms with van der Waals surface area (Å²) in [5.41, 5.74) is -0.442. The minimum Gasteiger partial charge on any atom is -0.497 e. The van der Waals surface area contributed by atoms with Gasteiger partial charge in [-0.3, -0.25) is 0 Å². The molecule has 0 bridgehead atoms. The predicted octanol–water partition coefficient (Wildman–Crippen LogP) is 3.48. The summed E-state index contributed by atoms with van der Waals surface area (Å²) in [6, 6.07) is 8.03. The number of aliphatic hydroxyl groups is 1. The van der Waals surface area contributed by atoms with Crippen LogP contribution in [0.1, 0.15) is 32.1 Å². The number of ether oxygens (including phenoxy) is 1. The Morgan fingerprint density at radius 2 is 1.82 bits per heavy atom. The highest BCUT2D eigenvalue weighted by Gasteiger charge is 2.28. The average Bonchev–Trinajstić information content (AvgIpc) is 2.38. The quantitative estimate of drug-likeness (QED) is 0.832. The van der Waals surface area contributed by atoms with Crippen molar-refractivity contribution in [2.24, 2.45) is 0 Å². The van der Waals surface area contributed by atoms with E-state index >= 15 is 0 Å². The van der Waals surface area contributed by atoms with Crippen molar-refractivity contribution in [3.05, 3.63) is 24.3 Å². The van der Waals surface area contributed by atoms with E-state index in [9.17, 15) is 5.11 Å². The first-order valence-electron chi connectivity index (χ1n) is 6.21. The molecule has 2 nitrogen and oxygen atoms in total. The molecule has 0 unspecified atom stereocenters. The number of hydrogen-bond donors (Lipinski definition) is 1. The molecular weight excluding hydrogens is 232 g/mol. The van der Waals surface area contributed by atoms with Crippen molar-refractivity contribution in [1.29, 1.82) is 0 Å². The number of benzene rings is 1. The lowest BCUT2D eigenvalue weighted by molar-refractivity contribution is 0.0273. The van der Waals surface area contributed by atoms with Crippen molar-refractivity contribution in [2.45, 2.75) is 42.6 Å². The smallest absolute Gasteiger partial charge is 0.118 e. The predicted molar refractivity (Wildman–Crippen MR) is 71.8 cm³/mol. The minimum absolute atomic E-state index is 0.442. The Balaban J connectivity index is 1.87. The molecule has 17 heavy (non-hydrogen) atoms. The average molecular weight is 252 g/mol. The van der Waals surface area contributed by atoms with Crippen LogP contribution in [0.5, 0.6) is 5.75 Å². The van der Waals surface area contributed by atoms with Gasteiger partial charge >= 0.3 is 0 Å². The van der Waals surface area contributed by atoms with Crippen LogP contribution >= 0.6 is 11.8 Å². The van der Waals surface area contributed by atoms with Gasteiger partial charge in [-0.1, -0.05) is 19.3 Å². The summed E-state index contributed by atoms with van der Waals surface area (Å²) in [6.45, 7) is 0. The van der Waals surface area contributed by atoms with Crippen LogP contribution in [0.15, 0.2) is 29.2 Å². The van der Waals surface area contributed by atoms with E-state index in [1.54, 1.807) is 18.9 Å². The molecule has 0 saturated heterocycles. The zero-order valence-corrected chi connectivity index (χ0v) is 11.1. The molecule has 0 atom stereocenters. The van der Waals surface area contributed by atoms with Gasteiger partial charge in [-0.15, -0.1) is 11.8 Å². The molecule has 0 spiro atoms. The van der Waals surface area contributed by atoms with E-state index < -0.39 is 5.60 Å². The number of hydrogen-bond acceptors (Lipinski definition) is 3. The highest BCUT2D eigenvalue weighted by Crippen LogP contribution is 2.33. The Hall–Kier alpha value is -0.670. The van der Waals surface area contributed by atoms with Crippen LogP contribution < -0.4 is 4.74 Å². The standard InChI is InChI=1S/C14H20O2S/c1-16-12-5-7-13(8-6-12)17-11-14(15)9-3-2-4-10-14/h5-8,15H,2-4,9-11H2,1H3. The maximum atomic E-state index is 10.4. The van der Waals surface area contributed by atoms with Gasteiger partial charge in [0.1, 0.15) is 5.75 Å². The Labute approximate surface area is 107 Å². The van der Waals surface area contributed by atoms with Gasteiger partial charge in [0.2, 0.25) is 0 Å². The lowest BCUT2D eigenvalue weighted by Crippen LogP contribution is -2.33. The SMILES string of the molecule is COc1ccc(SCC2(O)CCCCC2)cc1. The van der Waals surface area contributed by atoms with Gasteiger partial charge in [0, 0.05) is 10.6 Å². The Kier molecular flexibility index (Phi) is 4.35. The first-order valence-corrected chi connectivity index (χ1v) is 7.20. The third-order valence-electron chi connectivity index (χ3n) is 3.35. The summed E-state index contributed by atoms with van der Waals surface area (Å²) in [5.74, 6) is 1.69. The molecule has 0 amide bonds. The zero-order chi connectivity index (χ0) is 12.1. The second kappa shape index (κ2) is 5.78. The van der Waals surface area contributed by atoms with Gasteiger partial charge in [-0.2, -0.15) is 0 Å². The number of rotatable bonds is 4. The van der Waals surface area contributed by atoms with Crippen LogP contribution in [0.4, 0.5) is 0 Å². The van der Waals surface area contributed by atoms with Crippen molar-refractivity contribution in [3.8, 4) is 5.75 Å². The van der Waals surface area contributed by atoms with E-state index in [1.165, 1.54) is 24.2 Å². The summed E-state index contributed by atoms with van der Waals surface area (Å²) in [6.07, 6.45) is 5.52. The molecule has 0 aromatic heterocycles. The Bertz CT molecular complexity index is 342. The van der Waals surface area contributed by atoms with Crippen LogP contribution in [0.25, 0.3) is 0 Å². The van der Waals surface area contributed by atoms with E-state index in [1.807, 2.05) is 12.1 Å². The lowest BCUT2D eigenvalue weighted by atomic mass is 9.86. The summed E-state index contributed by atoms with van der Waals surface area (Å²) in [4.78, 5) is 1.20. The maximum absolute atomic E-state index is 10.4. The van der Waals surface area contributed by atoms with Crippen LogP contribution in [0, 0.1) is 0 Å². The molecule has 0 radical (unpaired) electrons. The van der Waals surface area contributed by atoms with Crippen molar-refractivity contribution in [1.82, 2.24) is 0 Å². The fourth-order valence-corrected chi connectivity index (χ4v) is 3.30. The van der Waals surface area contributed by atoms with Gasteiger partial charge in [0.25, 0.3) is 0 Å². The Morgan fingerprint density at radius 1 is 1.18 bits per heavy atom. The largest absolute Gasteiger partial charge is 0.497 e. The summed E-state index contributed by atoms with van der Waals surface area (Å²) >= 11 is 1.74. The summed E-state index contributed by atoms with van der Waals surface area (Å²) < 4.78 is 5.12. The van der Waals surface area contributed by atoms with Crippen LogP contribution in [-0.4, -0.2) is 23.6 Å². The molecule has 0 heterocycles. The normalized spacial score (nSPS) is 18.9. The first kappa shape index (κ1) is 12.8. The van der Waals surface area contributed by atoms with Crippen molar-refractivity contribution in [2.75, 3.05) is 12.9 Å². The second-order valence-electron chi connectivity index (χ2n) is 4.75. The lowest BCUT2D eigenvalue weighted by Gasteiger charge is -2.31. The fraction of sp³-hybridized carbons (Fsp3) is 0.571. The molecule has 0 aliphatic heterocycles. The zero-order valence-electron chi connectivity index (χ0n) is 10.3. The van der Waals surface area contributed by atoms with E-state index in [-0.39, 0.29) is 0 Å². The molecule has 2 rings (SSSR count). The number of methoxy groups -OCH3 is 1. The fourth-order valence-electron chi connectivity index (χ4n) is 2.24. The number of thioether (sulfide) groups is 1. The molecule has 94 valence electrons. The van der Waals surface area contributed by atoms with Crippen molar-refractivity contribution < 1.29 is 9.84 Å². The summed E-state index contributed by atoms with van der Waals surface area (Å²) in [7, 11) is 1.67. The van der Waals surface area contributed by atoms with E-state index in [2.05, 4.69) is 12.1 Å². The maximum Gasteiger partial charge on any atom is 0.118 e. The first-order chi connectivity index (χ1) is 8.22. The third kappa shape index (κ3) is 3.65. The van der Waals surface area contributed by atoms with E-state index in [0.29, 0.717) is 0 Å². The van der Waals surface area contributed by atoms with Crippen molar-refractivity contribution in [3.63, 3.8) is 0 Å². The van der Waals surface area contributed by atoms with E-state index in [4.69, 9.17) is 4.74 Å². The second-order valence-corrected chi connectivity index (χ2v) is 5.80. The van der Waals surface area contributed by atoms with E-state index in [0.717, 1.165) is 24.3 Å². The van der Waals surface area contributed by atoms with Crippen LogP contribution in [0.3, 0.4) is 0 Å². The highest BCUT2D eigenvalue weighted by atomic mass is 32.2. The highest BCUT2D eigenvalue weighted by molar-refractivity contribution is 7.99. The molecule has 1 aliphatic rings. The third-order valence-corrected chi connectivity index (χ3v) is 4.64. The monoisotopic (exact) mass is 252 g/mol. The van der Waals surface area contributed by atoms with Gasteiger partial charge in [-0.05, 0) is 37.1 Å². The molecule has 1 saturated carbocycles.